The highest BCUT2D eigenvalue weighted by Gasteiger charge is 1.91. The number of carbonyl (C=O) groups excluding carboxylic acids is 1. The molecule has 0 radical (unpaired) electrons. The monoisotopic (exact) mass is 210 g/mol. The summed E-state index contributed by atoms with van der Waals surface area (Å²) >= 11 is 0. The van der Waals surface area contributed by atoms with Crippen LogP contribution in [-0.2, 0) is 9.53 Å². The molecule has 0 amide bonds. The number of carbonyl (C=O) groups is 1. The van der Waals surface area contributed by atoms with Gasteiger partial charge in [0.1, 0.15) is 0 Å². The molecular weight excluding hydrogens is 188 g/mol. The molecule has 2 nitrogen and oxygen atoms in total. The maximum Gasteiger partial charge on any atom is 0.330 e. The van der Waals surface area contributed by atoms with Gasteiger partial charge in [0, 0.05) is 6.08 Å². The van der Waals surface area contributed by atoms with E-state index in [1.807, 2.05) is 6.08 Å². The van der Waals surface area contributed by atoms with Gasteiger partial charge >= 0.3 is 5.97 Å². The highest BCUT2D eigenvalue weighted by molar-refractivity contribution is 5.82. The summed E-state index contributed by atoms with van der Waals surface area (Å²) in [5, 5.41) is 0. The predicted octanol–water partition coefficient (Wildman–Crippen LogP) is 3.49. The van der Waals surface area contributed by atoms with Crippen LogP contribution < -0.4 is 0 Å². The lowest BCUT2D eigenvalue weighted by Crippen LogP contribution is -1.98. The van der Waals surface area contributed by atoms with E-state index in [0.717, 1.165) is 12.3 Å². The molecule has 0 bridgehead atoms. The smallest absolute Gasteiger partial charge is 0.330 e. The average Bonchev–Trinajstić information content (AvgIpc) is 2.16. The van der Waals surface area contributed by atoms with Crippen LogP contribution in [0.2, 0.25) is 0 Å². The zero-order valence-electron chi connectivity index (χ0n) is 10.0. The molecule has 0 atom stereocenters. The Kier molecular flexibility index (Phi) is 8.84. The molecule has 0 N–H and O–H groups in total. The highest BCUT2D eigenvalue weighted by Crippen LogP contribution is 2.06. The van der Waals surface area contributed by atoms with Crippen molar-refractivity contribution in [3.05, 3.63) is 24.3 Å². The van der Waals surface area contributed by atoms with Crippen LogP contribution in [0.4, 0.5) is 0 Å². The lowest BCUT2D eigenvalue weighted by atomic mass is 10.1. The van der Waals surface area contributed by atoms with Crippen LogP contribution in [-0.4, -0.2) is 12.6 Å². The second kappa shape index (κ2) is 9.50. The third-order valence-corrected chi connectivity index (χ3v) is 1.92. The third kappa shape index (κ3) is 10.9. The number of hydrogen-bond donors (Lipinski definition) is 0. The molecule has 0 aliphatic rings. The summed E-state index contributed by atoms with van der Waals surface area (Å²) in [6, 6.07) is 0. The first-order chi connectivity index (χ1) is 7.16. The normalized spacial score (nSPS) is 11.7. The Hall–Kier alpha value is -1.05. The van der Waals surface area contributed by atoms with Crippen molar-refractivity contribution < 1.29 is 9.53 Å². The molecule has 0 unspecified atom stereocenters. The molecule has 15 heavy (non-hydrogen) atoms. The van der Waals surface area contributed by atoms with Crippen molar-refractivity contribution in [2.24, 2.45) is 5.92 Å². The molecular formula is C13H22O2. The summed E-state index contributed by atoms with van der Waals surface area (Å²) < 4.78 is 4.74. The SMILES string of the molecule is CCOC(=O)/C=C/C=C/CCCC(C)C. The van der Waals surface area contributed by atoms with Crippen molar-refractivity contribution in [1.29, 1.82) is 0 Å². The Morgan fingerprint density at radius 2 is 2.07 bits per heavy atom. The summed E-state index contributed by atoms with van der Waals surface area (Å²) in [4.78, 5) is 10.9. The van der Waals surface area contributed by atoms with Gasteiger partial charge in [0.15, 0.2) is 0 Å². The summed E-state index contributed by atoms with van der Waals surface area (Å²) in [7, 11) is 0. The maximum atomic E-state index is 10.9. The molecule has 0 aromatic heterocycles. The van der Waals surface area contributed by atoms with E-state index in [4.69, 9.17) is 4.74 Å². The second-order valence-electron chi connectivity index (χ2n) is 3.86. The zero-order valence-corrected chi connectivity index (χ0v) is 10.0. The van der Waals surface area contributed by atoms with Crippen molar-refractivity contribution in [2.45, 2.75) is 40.0 Å². The van der Waals surface area contributed by atoms with Gasteiger partial charge in [-0.3, -0.25) is 0 Å². The van der Waals surface area contributed by atoms with Crippen molar-refractivity contribution in [3.63, 3.8) is 0 Å². The Bertz CT molecular complexity index is 215. The van der Waals surface area contributed by atoms with Crippen molar-refractivity contribution in [1.82, 2.24) is 0 Å². The van der Waals surface area contributed by atoms with Crippen molar-refractivity contribution in [2.75, 3.05) is 6.61 Å². The van der Waals surface area contributed by atoms with Crippen LogP contribution in [0.15, 0.2) is 24.3 Å². The van der Waals surface area contributed by atoms with Gasteiger partial charge in [0.25, 0.3) is 0 Å². The van der Waals surface area contributed by atoms with E-state index in [9.17, 15) is 4.79 Å². The lowest BCUT2D eigenvalue weighted by Gasteiger charge is -1.99. The molecule has 0 aliphatic heterocycles. The number of unbranched alkanes of at least 4 members (excludes halogenated alkanes) is 1. The number of hydrogen-bond acceptors (Lipinski definition) is 2. The molecule has 0 aromatic rings. The molecule has 86 valence electrons. The Morgan fingerprint density at radius 3 is 2.67 bits per heavy atom. The predicted molar refractivity (Wildman–Crippen MR) is 63.6 cm³/mol. The van der Waals surface area contributed by atoms with Crippen LogP contribution in [0.1, 0.15) is 40.0 Å². The van der Waals surface area contributed by atoms with Crippen molar-refractivity contribution in [3.8, 4) is 0 Å². The maximum absolute atomic E-state index is 10.9. The first-order valence-electron chi connectivity index (χ1n) is 5.66. The largest absolute Gasteiger partial charge is 0.463 e. The van der Waals surface area contributed by atoms with E-state index >= 15 is 0 Å². The Labute approximate surface area is 93.0 Å². The van der Waals surface area contributed by atoms with Gasteiger partial charge < -0.3 is 4.74 Å². The van der Waals surface area contributed by atoms with Gasteiger partial charge in [-0.15, -0.1) is 0 Å². The number of rotatable bonds is 7. The van der Waals surface area contributed by atoms with E-state index in [-0.39, 0.29) is 5.97 Å². The molecule has 0 rings (SSSR count). The summed E-state index contributed by atoms with van der Waals surface area (Å²) in [6.45, 7) is 6.68. The Balaban J connectivity index is 3.49. The Morgan fingerprint density at radius 1 is 1.33 bits per heavy atom. The van der Waals surface area contributed by atoms with Gasteiger partial charge in [-0.05, 0) is 25.7 Å². The van der Waals surface area contributed by atoms with E-state index in [2.05, 4.69) is 19.9 Å². The van der Waals surface area contributed by atoms with Gasteiger partial charge in [-0.1, -0.05) is 38.5 Å². The van der Waals surface area contributed by atoms with E-state index < -0.39 is 0 Å². The summed E-state index contributed by atoms with van der Waals surface area (Å²) in [5.41, 5.74) is 0. The van der Waals surface area contributed by atoms with Crippen LogP contribution in [0.25, 0.3) is 0 Å². The van der Waals surface area contributed by atoms with Gasteiger partial charge in [0.2, 0.25) is 0 Å². The molecule has 0 saturated carbocycles. The second-order valence-corrected chi connectivity index (χ2v) is 3.86. The minimum Gasteiger partial charge on any atom is -0.463 e. The first-order valence-corrected chi connectivity index (χ1v) is 5.66. The molecule has 0 aliphatic carbocycles. The molecule has 0 aromatic carbocycles. The molecule has 0 heterocycles. The van der Waals surface area contributed by atoms with Crippen molar-refractivity contribution >= 4 is 5.97 Å². The topological polar surface area (TPSA) is 26.3 Å². The standard InChI is InChI=1S/C13H22O2/c1-4-15-13(14)11-9-7-5-6-8-10-12(2)3/h5,7,9,11-12H,4,6,8,10H2,1-3H3/b7-5+,11-9+. The van der Waals surface area contributed by atoms with Crippen LogP contribution in [0, 0.1) is 5.92 Å². The molecule has 0 fully saturated rings. The minimum atomic E-state index is -0.274. The van der Waals surface area contributed by atoms with E-state index in [1.165, 1.54) is 18.9 Å². The highest BCUT2D eigenvalue weighted by atomic mass is 16.5. The number of ether oxygens (including phenoxy) is 1. The van der Waals surface area contributed by atoms with E-state index in [1.54, 1.807) is 13.0 Å². The molecule has 2 heteroatoms. The minimum absolute atomic E-state index is 0.274. The number of esters is 1. The fraction of sp³-hybridized carbons (Fsp3) is 0.615. The van der Waals surface area contributed by atoms with E-state index in [0.29, 0.717) is 6.61 Å². The third-order valence-electron chi connectivity index (χ3n) is 1.92. The van der Waals surface area contributed by atoms with Gasteiger partial charge in [-0.25, -0.2) is 4.79 Å². The molecule has 0 saturated heterocycles. The molecule has 0 spiro atoms. The quantitative estimate of drug-likeness (QED) is 0.278. The van der Waals surface area contributed by atoms with Gasteiger partial charge in [0.05, 0.1) is 6.61 Å². The van der Waals surface area contributed by atoms with Crippen LogP contribution >= 0.6 is 0 Å². The zero-order chi connectivity index (χ0) is 11.5. The summed E-state index contributed by atoms with van der Waals surface area (Å²) in [6.07, 6.45) is 10.7. The lowest BCUT2D eigenvalue weighted by molar-refractivity contribution is -0.137. The fourth-order valence-electron chi connectivity index (χ4n) is 1.14. The average molecular weight is 210 g/mol. The summed E-state index contributed by atoms with van der Waals surface area (Å²) in [5.74, 6) is 0.498. The van der Waals surface area contributed by atoms with Crippen LogP contribution in [0.3, 0.4) is 0 Å². The van der Waals surface area contributed by atoms with Gasteiger partial charge in [-0.2, -0.15) is 0 Å². The first kappa shape index (κ1) is 13.9. The number of allylic oxidation sites excluding steroid dienone is 3. The fourth-order valence-corrected chi connectivity index (χ4v) is 1.14. The van der Waals surface area contributed by atoms with Crippen LogP contribution in [0.5, 0.6) is 0 Å².